The second-order valence-electron chi connectivity index (χ2n) is 5.88. The van der Waals surface area contributed by atoms with Crippen LogP contribution in [0.4, 0.5) is 4.39 Å². The van der Waals surface area contributed by atoms with Crippen molar-refractivity contribution in [3.05, 3.63) is 48.0 Å². The summed E-state index contributed by atoms with van der Waals surface area (Å²) < 4.78 is 20.4. The molecule has 1 fully saturated rings. The van der Waals surface area contributed by atoms with Crippen molar-refractivity contribution in [2.75, 3.05) is 20.2 Å². The third kappa shape index (κ3) is 3.93. The molecule has 1 aliphatic heterocycles. The van der Waals surface area contributed by atoms with E-state index in [-0.39, 0.29) is 30.6 Å². The highest BCUT2D eigenvalue weighted by atomic mass is 35.5. The van der Waals surface area contributed by atoms with Gasteiger partial charge in [-0.3, -0.25) is 9.48 Å². The maximum absolute atomic E-state index is 13.8. The molecule has 2 aromatic rings. The van der Waals surface area contributed by atoms with E-state index >= 15 is 0 Å². The minimum atomic E-state index is -0.695. The van der Waals surface area contributed by atoms with Crippen LogP contribution in [0.2, 0.25) is 0 Å². The van der Waals surface area contributed by atoms with Crippen LogP contribution in [0.1, 0.15) is 18.4 Å². The number of amides is 1. The fraction of sp³-hybridized carbons (Fsp3) is 0.412. The number of hydrogen-bond acceptors (Lipinski definition) is 4. The molecule has 2 N–H and O–H groups in total. The van der Waals surface area contributed by atoms with Crippen molar-refractivity contribution in [2.24, 2.45) is 0 Å². The Labute approximate surface area is 152 Å². The molecule has 1 aliphatic rings. The van der Waals surface area contributed by atoms with Crippen LogP contribution in [0.15, 0.2) is 36.7 Å². The number of halogens is 2. The summed E-state index contributed by atoms with van der Waals surface area (Å²) >= 11 is 0. The minimum Gasteiger partial charge on any atom is -0.494 e. The minimum absolute atomic E-state index is 0. The van der Waals surface area contributed by atoms with E-state index in [2.05, 4.69) is 15.7 Å². The first kappa shape index (κ1) is 19.2. The zero-order valence-electron chi connectivity index (χ0n) is 14.0. The maximum Gasteiger partial charge on any atom is 0.248 e. The SMILES string of the molecule is COc1ccc(CNC(=O)C2(n3cccn3)CCNCC2)cc1F.Cl. The van der Waals surface area contributed by atoms with Gasteiger partial charge in [0.1, 0.15) is 5.54 Å². The fourth-order valence-electron chi connectivity index (χ4n) is 3.09. The highest BCUT2D eigenvalue weighted by Gasteiger charge is 2.41. The van der Waals surface area contributed by atoms with Crippen LogP contribution in [0.3, 0.4) is 0 Å². The summed E-state index contributed by atoms with van der Waals surface area (Å²) in [6, 6.07) is 6.49. The van der Waals surface area contributed by atoms with Crippen molar-refractivity contribution in [1.82, 2.24) is 20.4 Å². The molecule has 1 aromatic heterocycles. The Balaban J connectivity index is 0.00000225. The number of piperidine rings is 1. The molecular formula is C17H22ClFN4O2. The molecule has 0 aliphatic carbocycles. The third-order valence-corrected chi connectivity index (χ3v) is 4.47. The van der Waals surface area contributed by atoms with E-state index in [1.807, 2.05) is 12.3 Å². The lowest BCUT2D eigenvalue weighted by atomic mass is 9.87. The number of hydrogen-bond donors (Lipinski definition) is 2. The Hall–Kier alpha value is -2.12. The largest absolute Gasteiger partial charge is 0.494 e. The van der Waals surface area contributed by atoms with Crippen LogP contribution in [0.5, 0.6) is 5.75 Å². The van der Waals surface area contributed by atoms with E-state index in [0.29, 0.717) is 18.4 Å². The van der Waals surface area contributed by atoms with Gasteiger partial charge in [-0.05, 0) is 49.7 Å². The van der Waals surface area contributed by atoms with Gasteiger partial charge in [0.05, 0.1) is 7.11 Å². The summed E-state index contributed by atoms with van der Waals surface area (Å²) in [6.45, 7) is 1.77. The lowest BCUT2D eigenvalue weighted by Crippen LogP contribution is -2.54. The first-order valence-corrected chi connectivity index (χ1v) is 7.97. The Morgan fingerprint density at radius 3 is 2.80 bits per heavy atom. The van der Waals surface area contributed by atoms with Gasteiger partial charge >= 0.3 is 0 Å². The van der Waals surface area contributed by atoms with Crippen LogP contribution in [0.25, 0.3) is 0 Å². The third-order valence-electron chi connectivity index (χ3n) is 4.47. The zero-order chi connectivity index (χ0) is 17.0. The maximum atomic E-state index is 13.8. The van der Waals surface area contributed by atoms with Crippen molar-refractivity contribution in [3.8, 4) is 5.75 Å². The number of nitrogens with zero attached hydrogens (tertiary/aromatic N) is 2. The quantitative estimate of drug-likeness (QED) is 0.845. The van der Waals surface area contributed by atoms with Gasteiger partial charge < -0.3 is 15.4 Å². The molecular weight excluding hydrogens is 347 g/mol. The normalized spacial score (nSPS) is 15.9. The molecule has 0 saturated carbocycles. The number of benzene rings is 1. The van der Waals surface area contributed by atoms with E-state index in [9.17, 15) is 9.18 Å². The molecule has 1 aromatic carbocycles. The Kier molecular flexibility index (Phi) is 6.39. The molecule has 1 saturated heterocycles. The summed E-state index contributed by atoms with van der Waals surface area (Å²) in [5.41, 5.74) is -0.00838. The number of rotatable bonds is 5. The van der Waals surface area contributed by atoms with Gasteiger partial charge in [-0.25, -0.2) is 4.39 Å². The van der Waals surface area contributed by atoms with Crippen molar-refractivity contribution >= 4 is 18.3 Å². The lowest BCUT2D eigenvalue weighted by Gasteiger charge is -2.36. The number of ether oxygens (including phenoxy) is 1. The number of aromatic nitrogens is 2. The van der Waals surface area contributed by atoms with E-state index in [1.165, 1.54) is 13.2 Å². The summed E-state index contributed by atoms with van der Waals surface area (Å²) in [5.74, 6) is -0.340. The smallest absolute Gasteiger partial charge is 0.248 e. The predicted octanol–water partition coefficient (Wildman–Crippen LogP) is 1.85. The van der Waals surface area contributed by atoms with Crippen molar-refractivity contribution in [3.63, 3.8) is 0 Å². The standard InChI is InChI=1S/C17H21FN4O2.ClH/c1-24-15-4-3-13(11-14(15)18)12-20-16(23)17(5-8-19-9-6-17)22-10-2-7-21-22;/h2-4,7,10-11,19H,5-6,8-9,12H2,1H3,(H,20,23);1H. The molecule has 6 nitrogen and oxygen atoms in total. The molecule has 3 rings (SSSR count). The topological polar surface area (TPSA) is 68.2 Å². The Bertz CT molecular complexity index is 703. The van der Waals surface area contributed by atoms with Crippen LogP contribution in [0, 0.1) is 5.82 Å². The molecule has 0 spiro atoms. The molecule has 25 heavy (non-hydrogen) atoms. The first-order chi connectivity index (χ1) is 11.7. The van der Waals surface area contributed by atoms with E-state index < -0.39 is 11.4 Å². The molecule has 136 valence electrons. The Morgan fingerprint density at radius 1 is 1.44 bits per heavy atom. The highest BCUT2D eigenvalue weighted by Crippen LogP contribution is 2.27. The molecule has 0 radical (unpaired) electrons. The van der Waals surface area contributed by atoms with Gasteiger partial charge in [-0.1, -0.05) is 6.07 Å². The van der Waals surface area contributed by atoms with E-state index in [0.717, 1.165) is 13.1 Å². The van der Waals surface area contributed by atoms with Crippen molar-refractivity contribution in [1.29, 1.82) is 0 Å². The van der Waals surface area contributed by atoms with Gasteiger partial charge in [0.2, 0.25) is 5.91 Å². The van der Waals surface area contributed by atoms with Gasteiger partial charge in [-0.15, -0.1) is 12.4 Å². The molecule has 0 atom stereocenters. The number of carbonyl (C=O) groups is 1. The number of carbonyl (C=O) groups excluding carboxylic acids is 1. The molecule has 2 heterocycles. The second kappa shape index (κ2) is 8.31. The Morgan fingerprint density at radius 2 is 2.20 bits per heavy atom. The molecule has 0 bridgehead atoms. The lowest BCUT2D eigenvalue weighted by molar-refractivity contribution is -0.132. The summed E-state index contributed by atoms with van der Waals surface area (Å²) in [4.78, 5) is 12.9. The van der Waals surface area contributed by atoms with E-state index in [1.54, 1.807) is 23.0 Å². The average Bonchev–Trinajstić information content (AvgIpc) is 3.15. The van der Waals surface area contributed by atoms with E-state index in [4.69, 9.17) is 4.74 Å². The van der Waals surface area contributed by atoms with Crippen LogP contribution >= 0.6 is 12.4 Å². The fourth-order valence-corrected chi connectivity index (χ4v) is 3.09. The summed E-state index contributed by atoms with van der Waals surface area (Å²) in [7, 11) is 1.42. The highest BCUT2D eigenvalue weighted by molar-refractivity contribution is 5.85. The average molecular weight is 369 g/mol. The summed E-state index contributed by atoms with van der Waals surface area (Å²) in [6.07, 6.45) is 4.82. The van der Waals surface area contributed by atoms with Gasteiger partial charge in [-0.2, -0.15) is 5.10 Å². The van der Waals surface area contributed by atoms with Gasteiger partial charge in [0.25, 0.3) is 0 Å². The zero-order valence-corrected chi connectivity index (χ0v) is 14.8. The second-order valence-corrected chi connectivity index (χ2v) is 5.88. The summed E-state index contributed by atoms with van der Waals surface area (Å²) in [5, 5.41) is 10.5. The van der Waals surface area contributed by atoms with Crippen LogP contribution in [-0.4, -0.2) is 35.9 Å². The molecule has 1 amide bonds. The number of methoxy groups -OCH3 is 1. The van der Waals surface area contributed by atoms with Crippen LogP contribution in [-0.2, 0) is 16.9 Å². The van der Waals surface area contributed by atoms with Crippen molar-refractivity contribution < 1.29 is 13.9 Å². The van der Waals surface area contributed by atoms with Gasteiger partial charge in [0.15, 0.2) is 11.6 Å². The van der Waals surface area contributed by atoms with Crippen molar-refractivity contribution in [2.45, 2.75) is 24.9 Å². The first-order valence-electron chi connectivity index (χ1n) is 7.97. The predicted molar refractivity (Wildman–Crippen MR) is 94.4 cm³/mol. The van der Waals surface area contributed by atoms with Gasteiger partial charge in [0, 0.05) is 18.9 Å². The number of nitrogens with one attached hydrogen (secondary N) is 2. The van der Waals surface area contributed by atoms with Crippen LogP contribution < -0.4 is 15.4 Å². The molecule has 8 heteroatoms. The molecule has 0 unspecified atom stereocenters. The monoisotopic (exact) mass is 368 g/mol.